The Kier molecular flexibility index (Phi) is 6.79. The van der Waals surface area contributed by atoms with Gasteiger partial charge in [0.25, 0.3) is 0 Å². The molecule has 0 radical (unpaired) electrons. The summed E-state index contributed by atoms with van der Waals surface area (Å²) in [4.78, 5) is 6.76. The molecule has 3 rings (SSSR count). The molecule has 2 aliphatic heterocycles. The third-order valence-corrected chi connectivity index (χ3v) is 7.89. The first kappa shape index (κ1) is 22.7. The van der Waals surface area contributed by atoms with Crippen molar-refractivity contribution in [2.45, 2.75) is 97.1 Å². The van der Waals surface area contributed by atoms with Gasteiger partial charge in [-0.25, -0.2) is 0 Å². The van der Waals surface area contributed by atoms with Crippen molar-refractivity contribution in [3.05, 3.63) is 35.9 Å². The van der Waals surface area contributed by atoms with Gasteiger partial charge < -0.3 is 9.47 Å². The number of piperidine rings is 1. The smallest absolute Gasteiger partial charge is 0.174 e. The fourth-order valence-corrected chi connectivity index (χ4v) is 5.13. The lowest BCUT2D eigenvalue weighted by Crippen LogP contribution is -2.73. The summed E-state index contributed by atoms with van der Waals surface area (Å²) in [5.74, 6) is 0.165. The Bertz CT molecular complexity index is 657. The maximum atomic E-state index is 6.76. The van der Waals surface area contributed by atoms with Crippen LogP contribution in [0.25, 0.3) is 0 Å². The van der Waals surface area contributed by atoms with Crippen molar-refractivity contribution in [3.63, 3.8) is 0 Å². The van der Waals surface area contributed by atoms with E-state index in [0.29, 0.717) is 5.92 Å². The minimum atomic E-state index is -0.531. The van der Waals surface area contributed by atoms with Gasteiger partial charge in [-0.15, -0.1) is 0 Å². The quantitative estimate of drug-likeness (QED) is 0.572. The van der Waals surface area contributed by atoms with E-state index >= 15 is 0 Å². The van der Waals surface area contributed by atoms with Crippen LogP contribution in [0.5, 0.6) is 0 Å². The van der Waals surface area contributed by atoms with Gasteiger partial charge >= 0.3 is 0 Å². The van der Waals surface area contributed by atoms with Gasteiger partial charge in [0, 0.05) is 23.8 Å². The highest BCUT2D eigenvalue weighted by molar-refractivity contribution is 5.17. The zero-order valence-electron chi connectivity index (χ0n) is 19.5. The average Bonchev–Trinajstić information content (AvgIpc) is 2.76. The minimum absolute atomic E-state index is 0.00753. The molecule has 2 heterocycles. The summed E-state index contributed by atoms with van der Waals surface area (Å²) in [6.07, 6.45) is 3.86. The van der Waals surface area contributed by atoms with Crippen LogP contribution in [-0.4, -0.2) is 35.1 Å². The third kappa shape index (κ3) is 4.01. The molecule has 0 aliphatic carbocycles. The minimum Gasteiger partial charge on any atom is -0.349 e. The molecule has 4 heteroatoms. The van der Waals surface area contributed by atoms with Crippen LogP contribution in [0.15, 0.2) is 30.3 Å². The van der Waals surface area contributed by atoms with Crippen molar-refractivity contribution in [2.24, 2.45) is 11.8 Å². The predicted octanol–water partition coefficient (Wildman–Crippen LogP) is 6.13. The number of nitrogens with zero attached hydrogens (tertiary/aromatic N) is 1. The lowest BCUT2D eigenvalue weighted by atomic mass is 9.67. The molecule has 0 N–H and O–H groups in total. The largest absolute Gasteiger partial charge is 0.349 e. The molecule has 164 valence electrons. The van der Waals surface area contributed by atoms with E-state index in [2.05, 4.69) is 83.9 Å². The van der Waals surface area contributed by atoms with Gasteiger partial charge in [-0.1, -0.05) is 58.0 Å². The lowest BCUT2D eigenvalue weighted by molar-refractivity contribution is -0.410. The van der Waals surface area contributed by atoms with Crippen LogP contribution >= 0.6 is 0 Å². The summed E-state index contributed by atoms with van der Waals surface area (Å²) in [6.45, 7) is 17.4. The number of hydrogen-bond acceptors (Lipinski definition) is 4. The fraction of sp³-hybridized carbons (Fsp3) is 0.760. The van der Waals surface area contributed by atoms with E-state index in [1.165, 1.54) is 5.56 Å². The lowest BCUT2D eigenvalue weighted by Gasteiger charge is -2.64. The maximum Gasteiger partial charge on any atom is 0.174 e. The monoisotopic (exact) mass is 403 g/mol. The number of hydroxylamine groups is 2. The highest BCUT2D eigenvalue weighted by atomic mass is 16.7. The number of ether oxygens (including phenoxy) is 2. The zero-order chi connectivity index (χ0) is 21.3. The van der Waals surface area contributed by atoms with E-state index < -0.39 is 5.79 Å². The van der Waals surface area contributed by atoms with Gasteiger partial charge in [0.2, 0.25) is 0 Å². The molecule has 4 unspecified atom stereocenters. The van der Waals surface area contributed by atoms with Gasteiger partial charge in [0.05, 0.1) is 18.8 Å². The molecule has 29 heavy (non-hydrogen) atoms. The normalized spacial score (nSPS) is 39.6. The molecule has 1 aromatic carbocycles. The highest BCUT2D eigenvalue weighted by Crippen LogP contribution is 2.54. The Hall–Kier alpha value is -0.940. The van der Waals surface area contributed by atoms with Gasteiger partial charge in [-0.2, -0.15) is 5.06 Å². The highest BCUT2D eigenvalue weighted by Gasteiger charge is 2.62. The summed E-state index contributed by atoms with van der Waals surface area (Å²) in [7, 11) is 0. The van der Waals surface area contributed by atoms with Gasteiger partial charge in [0.1, 0.15) is 6.10 Å². The van der Waals surface area contributed by atoms with Crippen molar-refractivity contribution >= 4 is 0 Å². The summed E-state index contributed by atoms with van der Waals surface area (Å²) in [5.41, 5.74) is 0.845. The Morgan fingerprint density at radius 3 is 2.21 bits per heavy atom. The van der Waals surface area contributed by atoms with Crippen LogP contribution in [0.4, 0.5) is 0 Å². The molecule has 0 aromatic heterocycles. The Morgan fingerprint density at radius 2 is 1.69 bits per heavy atom. The standard InChI is InChI=1S/C25H41NO3/c1-8-21-16-27-25(28-17-21)18-23(6,9-2)26(24(7,10-3)20(25)5)29-19(4)22-14-12-11-13-15-22/h11-15,19-21H,8-10,16-18H2,1-7H3. The number of hydrogen-bond donors (Lipinski definition) is 0. The summed E-state index contributed by atoms with van der Waals surface area (Å²) < 4.78 is 13.1. The van der Waals surface area contributed by atoms with Gasteiger partial charge in [-0.05, 0) is 45.6 Å². The van der Waals surface area contributed by atoms with E-state index in [1.807, 2.05) is 0 Å². The predicted molar refractivity (Wildman–Crippen MR) is 117 cm³/mol. The molecule has 0 saturated carbocycles. The van der Waals surface area contributed by atoms with Gasteiger partial charge in [-0.3, -0.25) is 4.84 Å². The van der Waals surface area contributed by atoms with Crippen LogP contribution in [0.1, 0.15) is 85.8 Å². The summed E-state index contributed by atoms with van der Waals surface area (Å²) >= 11 is 0. The molecule has 1 aromatic rings. The first-order valence-corrected chi connectivity index (χ1v) is 11.5. The van der Waals surface area contributed by atoms with Crippen molar-refractivity contribution in [3.8, 4) is 0 Å². The van der Waals surface area contributed by atoms with Crippen LogP contribution < -0.4 is 0 Å². The second kappa shape index (κ2) is 8.66. The molecule has 2 fully saturated rings. The number of rotatable bonds is 6. The molecule has 2 aliphatic rings. The second-order valence-corrected chi connectivity index (χ2v) is 9.62. The molecule has 4 nitrogen and oxygen atoms in total. The molecular weight excluding hydrogens is 362 g/mol. The molecular formula is C25H41NO3. The van der Waals surface area contributed by atoms with E-state index in [0.717, 1.165) is 38.9 Å². The van der Waals surface area contributed by atoms with Crippen LogP contribution in [0.2, 0.25) is 0 Å². The molecule has 1 spiro atoms. The topological polar surface area (TPSA) is 30.9 Å². The average molecular weight is 404 g/mol. The molecule has 0 amide bonds. The summed E-state index contributed by atoms with van der Waals surface area (Å²) in [6, 6.07) is 10.5. The Labute approximate surface area is 177 Å². The Balaban J connectivity index is 1.92. The van der Waals surface area contributed by atoms with E-state index in [1.54, 1.807) is 0 Å². The third-order valence-electron chi connectivity index (χ3n) is 7.89. The van der Waals surface area contributed by atoms with Crippen molar-refractivity contribution in [1.82, 2.24) is 5.06 Å². The maximum absolute atomic E-state index is 6.76. The van der Waals surface area contributed by atoms with Crippen LogP contribution in [0, 0.1) is 11.8 Å². The fourth-order valence-electron chi connectivity index (χ4n) is 5.13. The first-order valence-electron chi connectivity index (χ1n) is 11.5. The van der Waals surface area contributed by atoms with Crippen LogP contribution in [0.3, 0.4) is 0 Å². The van der Waals surface area contributed by atoms with Crippen molar-refractivity contribution in [1.29, 1.82) is 0 Å². The number of benzene rings is 1. The SMILES string of the molecule is CCC1COC2(CC(C)(CC)N(OC(C)c3ccccc3)C(C)(CC)C2C)OC1. The van der Waals surface area contributed by atoms with E-state index in [9.17, 15) is 0 Å². The van der Waals surface area contributed by atoms with E-state index in [-0.39, 0.29) is 23.1 Å². The van der Waals surface area contributed by atoms with E-state index in [4.69, 9.17) is 14.3 Å². The molecule has 2 saturated heterocycles. The van der Waals surface area contributed by atoms with Gasteiger partial charge in [0.15, 0.2) is 5.79 Å². The molecule has 0 bridgehead atoms. The van der Waals surface area contributed by atoms with Crippen LogP contribution in [-0.2, 0) is 14.3 Å². The second-order valence-electron chi connectivity index (χ2n) is 9.62. The zero-order valence-corrected chi connectivity index (χ0v) is 19.5. The van der Waals surface area contributed by atoms with Crippen molar-refractivity contribution in [2.75, 3.05) is 13.2 Å². The molecule has 4 atom stereocenters. The summed E-state index contributed by atoms with van der Waals surface area (Å²) in [5, 5.41) is 2.31. The Morgan fingerprint density at radius 1 is 1.07 bits per heavy atom. The first-order chi connectivity index (χ1) is 13.7. The van der Waals surface area contributed by atoms with Crippen molar-refractivity contribution < 1.29 is 14.3 Å².